The molecular formula is C21H25ClO4S. The number of unbranched alkanes of at least 4 members (excludes halogenated alkanes) is 2. The van der Waals surface area contributed by atoms with Crippen LogP contribution in [0.25, 0.3) is 0 Å². The molecule has 4 nitrogen and oxygen atoms in total. The number of esters is 1. The zero-order chi connectivity index (χ0) is 19.7. The first kappa shape index (κ1) is 21.5. The largest absolute Gasteiger partial charge is 0.465 e. The molecule has 2 aromatic rings. The molecule has 27 heavy (non-hydrogen) atoms. The van der Waals surface area contributed by atoms with E-state index < -0.39 is 21.1 Å². The normalized spacial score (nSPS) is 12.5. The standard InChI is InChI=1S/C21H25ClO4S/c1-2-26-21(23)20(27(24,25)19-10-6-4-7-11-19)12-8-3-5-9-17-13-15-18(22)16-14-17/h4,6-7,10-11,13-16,20H,2-3,5,8-9,12H2,1H3. The summed E-state index contributed by atoms with van der Waals surface area (Å²) in [6, 6.07) is 15.8. The van der Waals surface area contributed by atoms with E-state index in [9.17, 15) is 13.2 Å². The van der Waals surface area contributed by atoms with Gasteiger partial charge in [-0.3, -0.25) is 4.79 Å². The third-order valence-electron chi connectivity index (χ3n) is 4.34. The Hall–Kier alpha value is -1.85. The van der Waals surface area contributed by atoms with Gasteiger partial charge in [0.2, 0.25) is 0 Å². The van der Waals surface area contributed by atoms with E-state index in [2.05, 4.69) is 0 Å². The Balaban J connectivity index is 1.95. The fourth-order valence-electron chi connectivity index (χ4n) is 2.90. The van der Waals surface area contributed by atoms with E-state index in [1.807, 2.05) is 24.3 Å². The Morgan fingerprint density at radius 2 is 1.67 bits per heavy atom. The summed E-state index contributed by atoms with van der Waals surface area (Å²) in [4.78, 5) is 12.4. The Morgan fingerprint density at radius 1 is 1.00 bits per heavy atom. The van der Waals surface area contributed by atoms with Gasteiger partial charge in [0, 0.05) is 5.02 Å². The highest BCUT2D eigenvalue weighted by Gasteiger charge is 2.34. The summed E-state index contributed by atoms with van der Waals surface area (Å²) < 4.78 is 30.7. The topological polar surface area (TPSA) is 60.4 Å². The summed E-state index contributed by atoms with van der Waals surface area (Å²) in [5, 5.41) is -0.447. The van der Waals surface area contributed by atoms with Crippen LogP contribution in [0, 0.1) is 0 Å². The lowest BCUT2D eigenvalue weighted by Crippen LogP contribution is -2.32. The smallest absolute Gasteiger partial charge is 0.324 e. The molecule has 0 heterocycles. The number of aryl methyl sites for hydroxylation is 1. The first-order chi connectivity index (χ1) is 12.9. The molecule has 0 aromatic heterocycles. The van der Waals surface area contributed by atoms with Crippen LogP contribution in [0.15, 0.2) is 59.5 Å². The molecule has 0 saturated heterocycles. The van der Waals surface area contributed by atoms with Crippen molar-refractivity contribution in [2.75, 3.05) is 6.61 Å². The first-order valence-corrected chi connectivity index (χ1v) is 11.1. The van der Waals surface area contributed by atoms with Gasteiger partial charge in [-0.05, 0) is 56.0 Å². The van der Waals surface area contributed by atoms with E-state index in [-0.39, 0.29) is 17.9 Å². The number of ether oxygens (including phenoxy) is 1. The van der Waals surface area contributed by atoms with Gasteiger partial charge < -0.3 is 4.74 Å². The van der Waals surface area contributed by atoms with Crippen molar-refractivity contribution in [3.05, 3.63) is 65.2 Å². The van der Waals surface area contributed by atoms with Crippen LogP contribution in [0.2, 0.25) is 5.02 Å². The molecule has 0 N–H and O–H groups in total. The monoisotopic (exact) mass is 408 g/mol. The number of hydrogen-bond donors (Lipinski definition) is 0. The lowest BCUT2D eigenvalue weighted by atomic mass is 10.1. The Morgan fingerprint density at radius 3 is 2.30 bits per heavy atom. The van der Waals surface area contributed by atoms with Crippen molar-refractivity contribution in [3.63, 3.8) is 0 Å². The van der Waals surface area contributed by atoms with Gasteiger partial charge in [-0.15, -0.1) is 0 Å². The quantitative estimate of drug-likeness (QED) is 0.416. The van der Waals surface area contributed by atoms with Crippen LogP contribution in [-0.2, 0) is 25.8 Å². The van der Waals surface area contributed by atoms with E-state index >= 15 is 0 Å². The summed E-state index contributed by atoms with van der Waals surface area (Å²) in [5.41, 5.74) is 1.19. The number of carbonyl (C=O) groups is 1. The van der Waals surface area contributed by atoms with E-state index in [1.54, 1.807) is 25.1 Å². The molecule has 0 spiro atoms. The summed E-state index contributed by atoms with van der Waals surface area (Å²) in [7, 11) is -3.76. The zero-order valence-electron chi connectivity index (χ0n) is 15.4. The molecule has 0 fully saturated rings. The van der Waals surface area contributed by atoms with Gasteiger partial charge in [0.25, 0.3) is 0 Å². The van der Waals surface area contributed by atoms with Crippen LogP contribution in [0.4, 0.5) is 0 Å². The molecule has 6 heteroatoms. The van der Waals surface area contributed by atoms with Gasteiger partial charge in [0.05, 0.1) is 11.5 Å². The summed E-state index contributed by atoms with van der Waals surface area (Å²) >= 11 is 5.88. The fourth-order valence-corrected chi connectivity index (χ4v) is 4.69. The van der Waals surface area contributed by atoms with Gasteiger partial charge >= 0.3 is 5.97 Å². The van der Waals surface area contributed by atoms with Gasteiger partial charge in [-0.25, -0.2) is 8.42 Å². The number of benzene rings is 2. The maximum Gasteiger partial charge on any atom is 0.324 e. The molecule has 0 saturated carbocycles. The van der Waals surface area contributed by atoms with E-state index in [4.69, 9.17) is 16.3 Å². The maximum absolute atomic E-state index is 12.9. The summed E-state index contributed by atoms with van der Waals surface area (Å²) in [5.74, 6) is -0.668. The molecule has 0 aliphatic carbocycles. The highest BCUT2D eigenvalue weighted by Crippen LogP contribution is 2.22. The minimum Gasteiger partial charge on any atom is -0.465 e. The Kier molecular flexibility index (Phi) is 8.32. The van der Waals surface area contributed by atoms with Crippen molar-refractivity contribution in [1.29, 1.82) is 0 Å². The summed E-state index contributed by atoms with van der Waals surface area (Å²) in [6.45, 7) is 1.84. The zero-order valence-corrected chi connectivity index (χ0v) is 17.0. The van der Waals surface area contributed by atoms with E-state index in [0.29, 0.717) is 11.4 Å². The van der Waals surface area contributed by atoms with Crippen LogP contribution < -0.4 is 0 Å². The predicted octanol–water partition coefficient (Wildman–Crippen LogP) is 4.85. The van der Waals surface area contributed by atoms with Gasteiger partial charge in [0.15, 0.2) is 15.1 Å². The Labute approximate surface area is 166 Å². The number of hydrogen-bond acceptors (Lipinski definition) is 4. The number of carbonyl (C=O) groups excluding carboxylic acids is 1. The van der Waals surface area contributed by atoms with E-state index in [0.717, 1.165) is 19.3 Å². The summed E-state index contributed by atoms with van der Waals surface area (Å²) in [6.07, 6.45) is 3.55. The molecule has 0 bridgehead atoms. The van der Waals surface area contributed by atoms with Crippen molar-refractivity contribution in [2.45, 2.75) is 49.2 Å². The van der Waals surface area contributed by atoms with Crippen LogP contribution in [0.3, 0.4) is 0 Å². The van der Waals surface area contributed by atoms with Crippen LogP contribution in [-0.4, -0.2) is 26.2 Å². The Bertz CT molecular complexity index is 817. The van der Waals surface area contributed by atoms with Gasteiger partial charge in [0.1, 0.15) is 0 Å². The predicted molar refractivity (Wildman–Crippen MR) is 108 cm³/mol. The van der Waals surface area contributed by atoms with Gasteiger partial charge in [-0.1, -0.05) is 54.8 Å². The maximum atomic E-state index is 12.9. The minimum absolute atomic E-state index is 0.157. The van der Waals surface area contributed by atoms with E-state index in [1.165, 1.54) is 17.7 Å². The van der Waals surface area contributed by atoms with Crippen LogP contribution in [0.1, 0.15) is 38.2 Å². The molecule has 0 radical (unpaired) electrons. The lowest BCUT2D eigenvalue weighted by molar-refractivity contribution is -0.142. The lowest BCUT2D eigenvalue weighted by Gasteiger charge is -2.16. The van der Waals surface area contributed by atoms with Crippen molar-refractivity contribution < 1.29 is 17.9 Å². The number of halogens is 1. The number of sulfone groups is 1. The highest BCUT2D eigenvalue weighted by atomic mass is 35.5. The molecule has 2 aromatic carbocycles. The number of rotatable bonds is 10. The second kappa shape index (κ2) is 10.5. The molecule has 146 valence electrons. The first-order valence-electron chi connectivity index (χ1n) is 9.15. The molecule has 0 aliphatic heterocycles. The second-order valence-corrected chi connectivity index (χ2v) is 8.89. The molecular weight excluding hydrogens is 384 g/mol. The third-order valence-corrected chi connectivity index (χ3v) is 6.70. The molecule has 1 unspecified atom stereocenters. The van der Waals surface area contributed by atoms with Crippen LogP contribution >= 0.6 is 11.6 Å². The van der Waals surface area contributed by atoms with Crippen molar-refractivity contribution in [3.8, 4) is 0 Å². The van der Waals surface area contributed by atoms with Gasteiger partial charge in [-0.2, -0.15) is 0 Å². The molecule has 0 aliphatic rings. The van der Waals surface area contributed by atoms with Crippen LogP contribution in [0.5, 0.6) is 0 Å². The molecule has 2 rings (SSSR count). The fraction of sp³-hybridized carbons (Fsp3) is 0.381. The average molecular weight is 409 g/mol. The molecule has 0 amide bonds. The van der Waals surface area contributed by atoms with Crippen molar-refractivity contribution in [2.24, 2.45) is 0 Å². The minimum atomic E-state index is -3.76. The van der Waals surface area contributed by atoms with Crippen molar-refractivity contribution >= 4 is 27.4 Å². The second-order valence-electron chi connectivity index (χ2n) is 6.32. The SMILES string of the molecule is CCOC(=O)C(CCCCCc1ccc(Cl)cc1)S(=O)(=O)c1ccccc1. The highest BCUT2D eigenvalue weighted by molar-refractivity contribution is 7.92. The third kappa shape index (κ3) is 6.36. The average Bonchev–Trinajstić information content (AvgIpc) is 2.66. The molecule has 1 atom stereocenters. The van der Waals surface area contributed by atoms with Crippen molar-refractivity contribution in [1.82, 2.24) is 0 Å².